The minimum atomic E-state index is -0.833. The molecule has 2 unspecified atom stereocenters. The second kappa shape index (κ2) is 2.77. The van der Waals surface area contributed by atoms with E-state index in [1.54, 1.807) is 0 Å². The molecule has 0 radical (unpaired) electrons. The van der Waals surface area contributed by atoms with Crippen LogP contribution in [0.5, 0.6) is 0 Å². The van der Waals surface area contributed by atoms with Crippen molar-refractivity contribution in [2.75, 3.05) is 5.32 Å². The summed E-state index contributed by atoms with van der Waals surface area (Å²) >= 11 is 0. The first-order chi connectivity index (χ1) is 5.77. The van der Waals surface area contributed by atoms with Crippen LogP contribution >= 0.6 is 0 Å². The first kappa shape index (κ1) is 7.58. The Balaban J connectivity index is 2.34. The predicted octanol–water partition coefficient (Wildman–Crippen LogP) is 0.334. The van der Waals surface area contributed by atoms with Crippen molar-refractivity contribution in [1.82, 2.24) is 0 Å². The number of benzene rings is 1. The number of aliphatic hydroxyl groups excluding tert-OH is 2. The maximum Gasteiger partial charge on any atom is 0.151 e. The van der Waals surface area contributed by atoms with Crippen LogP contribution in [0.4, 0.5) is 5.69 Å². The fourth-order valence-corrected chi connectivity index (χ4v) is 1.43. The minimum Gasteiger partial charge on any atom is -0.388 e. The summed E-state index contributed by atoms with van der Waals surface area (Å²) in [7, 11) is 0. The summed E-state index contributed by atoms with van der Waals surface area (Å²) in [4.78, 5) is 0. The summed E-state index contributed by atoms with van der Waals surface area (Å²) in [5, 5.41) is 21.4. The molecule has 1 aromatic carbocycles. The van der Waals surface area contributed by atoms with Crippen LogP contribution in [0.3, 0.4) is 0 Å². The molecule has 2 rings (SSSR count). The number of fused-ring (bicyclic) bond motifs is 1. The van der Waals surface area contributed by atoms with E-state index in [1.807, 2.05) is 24.3 Å². The summed E-state index contributed by atoms with van der Waals surface area (Å²) in [5.74, 6) is 0. The van der Waals surface area contributed by atoms with E-state index in [4.69, 9.17) is 0 Å². The average molecular weight is 165 g/mol. The molecule has 0 bridgehead atoms. The molecule has 0 saturated carbocycles. The van der Waals surface area contributed by atoms with Gasteiger partial charge in [0.2, 0.25) is 0 Å². The van der Waals surface area contributed by atoms with Gasteiger partial charge in [-0.1, -0.05) is 18.2 Å². The molecule has 1 heterocycles. The van der Waals surface area contributed by atoms with E-state index in [0.717, 1.165) is 11.3 Å². The summed E-state index contributed by atoms with van der Waals surface area (Å²) in [6.07, 6.45) is -1.01. The summed E-state index contributed by atoms with van der Waals surface area (Å²) in [6, 6.07) is 7.66. The molecule has 0 amide bonds. The highest BCUT2D eigenvalue weighted by Crippen LogP contribution is 2.23. The Morgan fingerprint density at radius 1 is 1.25 bits per heavy atom. The quantitative estimate of drug-likeness (QED) is 0.519. The van der Waals surface area contributed by atoms with Crippen LogP contribution in [0.15, 0.2) is 24.3 Å². The van der Waals surface area contributed by atoms with Gasteiger partial charge in [0.1, 0.15) is 6.10 Å². The highest BCUT2D eigenvalue weighted by molar-refractivity contribution is 5.53. The molecule has 12 heavy (non-hydrogen) atoms. The van der Waals surface area contributed by atoms with E-state index in [9.17, 15) is 10.2 Å². The second-order valence-electron chi connectivity index (χ2n) is 3.02. The van der Waals surface area contributed by atoms with Gasteiger partial charge in [0.25, 0.3) is 0 Å². The zero-order valence-corrected chi connectivity index (χ0v) is 6.57. The lowest BCUT2D eigenvalue weighted by Gasteiger charge is -2.27. The third-order valence-electron chi connectivity index (χ3n) is 2.11. The summed E-state index contributed by atoms with van der Waals surface area (Å²) in [6.45, 7) is 0. The number of hydrogen-bond acceptors (Lipinski definition) is 3. The Hall–Kier alpha value is -1.06. The lowest BCUT2D eigenvalue weighted by molar-refractivity contribution is 0.0334. The molecular formula is C9H11NO2. The molecule has 2 atom stereocenters. The van der Waals surface area contributed by atoms with Gasteiger partial charge in [-0.15, -0.1) is 0 Å². The largest absolute Gasteiger partial charge is 0.388 e. The Kier molecular flexibility index (Phi) is 1.75. The molecule has 0 spiro atoms. The number of hydrogen-bond donors (Lipinski definition) is 3. The molecule has 0 aliphatic carbocycles. The summed E-state index contributed by atoms with van der Waals surface area (Å²) < 4.78 is 0. The van der Waals surface area contributed by atoms with Crippen molar-refractivity contribution >= 4 is 5.69 Å². The molecule has 3 heteroatoms. The van der Waals surface area contributed by atoms with Gasteiger partial charge in [0.15, 0.2) is 6.23 Å². The molecule has 3 nitrogen and oxygen atoms in total. The lowest BCUT2D eigenvalue weighted by Crippen LogP contribution is -2.38. The molecule has 0 saturated heterocycles. The number of aliphatic hydroxyl groups is 2. The predicted molar refractivity (Wildman–Crippen MR) is 45.8 cm³/mol. The zero-order chi connectivity index (χ0) is 8.55. The first-order valence-corrected chi connectivity index (χ1v) is 3.98. The number of nitrogens with one attached hydrogen (secondary N) is 1. The van der Waals surface area contributed by atoms with Gasteiger partial charge in [0, 0.05) is 12.1 Å². The Morgan fingerprint density at radius 2 is 2.00 bits per heavy atom. The smallest absolute Gasteiger partial charge is 0.151 e. The van der Waals surface area contributed by atoms with Crippen molar-refractivity contribution in [3.05, 3.63) is 29.8 Å². The number of rotatable bonds is 0. The molecule has 1 aliphatic heterocycles. The van der Waals surface area contributed by atoms with Crippen molar-refractivity contribution in [2.24, 2.45) is 0 Å². The number of anilines is 1. The topological polar surface area (TPSA) is 52.5 Å². The molecule has 0 aromatic heterocycles. The monoisotopic (exact) mass is 165 g/mol. The summed E-state index contributed by atoms with van der Waals surface area (Å²) in [5.41, 5.74) is 1.96. The van der Waals surface area contributed by atoms with Crippen molar-refractivity contribution in [1.29, 1.82) is 0 Å². The van der Waals surface area contributed by atoms with Crippen LogP contribution in [0.25, 0.3) is 0 Å². The molecule has 3 N–H and O–H groups in total. The maximum atomic E-state index is 9.31. The van der Waals surface area contributed by atoms with Gasteiger partial charge in [-0.05, 0) is 11.6 Å². The standard InChI is InChI=1S/C9H11NO2/c11-8-5-6-3-1-2-4-7(6)10-9(8)12/h1-4,8-12H,5H2. The van der Waals surface area contributed by atoms with Crippen molar-refractivity contribution in [2.45, 2.75) is 18.8 Å². The SMILES string of the molecule is OC1Cc2ccccc2NC1O. The molecule has 1 aromatic rings. The van der Waals surface area contributed by atoms with Gasteiger partial charge in [-0.2, -0.15) is 0 Å². The highest BCUT2D eigenvalue weighted by Gasteiger charge is 2.23. The lowest BCUT2D eigenvalue weighted by atomic mass is 10.0. The molecule has 1 aliphatic rings. The van der Waals surface area contributed by atoms with Crippen LogP contribution in [-0.4, -0.2) is 22.5 Å². The van der Waals surface area contributed by atoms with Crippen molar-refractivity contribution in [3.63, 3.8) is 0 Å². The first-order valence-electron chi connectivity index (χ1n) is 3.98. The minimum absolute atomic E-state index is 0.518. The van der Waals surface area contributed by atoms with Gasteiger partial charge in [-0.3, -0.25) is 0 Å². The maximum absolute atomic E-state index is 9.31. The fourth-order valence-electron chi connectivity index (χ4n) is 1.43. The van der Waals surface area contributed by atoms with E-state index >= 15 is 0 Å². The van der Waals surface area contributed by atoms with Crippen LogP contribution in [0, 0.1) is 0 Å². The van der Waals surface area contributed by atoms with Crippen LogP contribution in [0.2, 0.25) is 0 Å². The van der Waals surface area contributed by atoms with Crippen molar-refractivity contribution < 1.29 is 10.2 Å². The van der Waals surface area contributed by atoms with Crippen molar-refractivity contribution in [3.8, 4) is 0 Å². The van der Waals surface area contributed by atoms with Gasteiger partial charge >= 0.3 is 0 Å². The third kappa shape index (κ3) is 1.17. The second-order valence-corrected chi connectivity index (χ2v) is 3.02. The van der Waals surface area contributed by atoms with E-state index in [1.165, 1.54) is 0 Å². The van der Waals surface area contributed by atoms with E-state index < -0.39 is 12.3 Å². The average Bonchev–Trinajstić information content (AvgIpc) is 2.07. The molecule has 0 fully saturated rings. The number of para-hydroxylation sites is 1. The van der Waals surface area contributed by atoms with E-state index in [0.29, 0.717) is 6.42 Å². The van der Waals surface area contributed by atoms with Gasteiger partial charge < -0.3 is 15.5 Å². The third-order valence-corrected chi connectivity index (χ3v) is 2.11. The van der Waals surface area contributed by atoms with Gasteiger partial charge in [-0.25, -0.2) is 0 Å². The fraction of sp³-hybridized carbons (Fsp3) is 0.333. The highest BCUT2D eigenvalue weighted by atomic mass is 16.3. The Morgan fingerprint density at radius 3 is 2.83 bits per heavy atom. The van der Waals surface area contributed by atoms with E-state index in [2.05, 4.69) is 5.32 Å². The Bertz CT molecular complexity index is 259. The Labute approximate surface area is 70.7 Å². The molecule has 64 valence electrons. The normalized spacial score (nSPS) is 27.5. The van der Waals surface area contributed by atoms with Crippen LogP contribution in [-0.2, 0) is 6.42 Å². The van der Waals surface area contributed by atoms with Crippen LogP contribution in [0.1, 0.15) is 5.56 Å². The molecular weight excluding hydrogens is 154 g/mol. The van der Waals surface area contributed by atoms with Gasteiger partial charge in [0.05, 0.1) is 0 Å². The van der Waals surface area contributed by atoms with E-state index in [-0.39, 0.29) is 0 Å². The zero-order valence-electron chi connectivity index (χ0n) is 6.57. The van der Waals surface area contributed by atoms with Crippen LogP contribution < -0.4 is 5.32 Å².